The van der Waals surface area contributed by atoms with E-state index in [1.807, 2.05) is 11.4 Å². The van der Waals surface area contributed by atoms with Crippen molar-refractivity contribution in [3.05, 3.63) is 20.8 Å². The molecule has 1 amide bonds. The SMILES string of the molecule is CN(Cc1cc(Br)cs1)C(=O)C(=O)OC(C)(C)C. The molecule has 0 unspecified atom stereocenters. The number of hydrogen-bond acceptors (Lipinski definition) is 4. The summed E-state index contributed by atoms with van der Waals surface area (Å²) in [6.45, 7) is 5.59. The number of ether oxygens (including phenoxy) is 1. The third-order valence-electron chi connectivity index (χ3n) is 1.93. The molecule has 6 heteroatoms. The number of thiophene rings is 1. The number of carbonyl (C=O) groups excluding carboxylic acids is 2. The molecule has 0 N–H and O–H groups in total. The number of amides is 1. The van der Waals surface area contributed by atoms with E-state index in [2.05, 4.69) is 15.9 Å². The number of carbonyl (C=O) groups is 2. The summed E-state index contributed by atoms with van der Waals surface area (Å²) in [4.78, 5) is 25.7. The van der Waals surface area contributed by atoms with Gasteiger partial charge < -0.3 is 9.64 Å². The number of rotatable bonds is 2. The number of esters is 1. The first-order valence-corrected chi connectivity index (χ1v) is 7.07. The zero-order valence-corrected chi connectivity index (χ0v) is 13.2. The average Bonchev–Trinajstić information content (AvgIpc) is 2.60. The van der Waals surface area contributed by atoms with Gasteiger partial charge in [0.15, 0.2) is 0 Å². The minimum absolute atomic E-state index is 0.397. The highest BCUT2D eigenvalue weighted by Crippen LogP contribution is 2.21. The molecule has 0 aliphatic heterocycles. The Kier molecular flexibility index (Phi) is 4.92. The van der Waals surface area contributed by atoms with Crippen molar-refractivity contribution in [2.24, 2.45) is 0 Å². The third kappa shape index (κ3) is 4.78. The van der Waals surface area contributed by atoms with Crippen LogP contribution in [0.15, 0.2) is 15.9 Å². The van der Waals surface area contributed by atoms with Crippen LogP contribution in [0.2, 0.25) is 0 Å². The average molecular weight is 334 g/mol. The van der Waals surface area contributed by atoms with Crippen LogP contribution < -0.4 is 0 Å². The van der Waals surface area contributed by atoms with E-state index in [1.54, 1.807) is 27.8 Å². The molecule has 1 aromatic rings. The van der Waals surface area contributed by atoms with E-state index in [0.717, 1.165) is 9.35 Å². The molecule has 18 heavy (non-hydrogen) atoms. The number of halogens is 1. The Morgan fingerprint density at radius 3 is 2.50 bits per heavy atom. The van der Waals surface area contributed by atoms with E-state index < -0.39 is 17.5 Å². The number of likely N-dealkylation sites (N-methyl/N-ethyl adjacent to an activating group) is 1. The molecule has 1 heterocycles. The molecule has 4 nitrogen and oxygen atoms in total. The van der Waals surface area contributed by atoms with E-state index >= 15 is 0 Å². The van der Waals surface area contributed by atoms with Crippen molar-refractivity contribution in [2.75, 3.05) is 7.05 Å². The summed E-state index contributed by atoms with van der Waals surface area (Å²) in [5.41, 5.74) is -0.653. The van der Waals surface area contributed by atoms with Crippen molar-refractivity contribution in [2.45, 2.75) is 32.9 Å². The van der Waals surface area contributed by atoms with Crippen LogP contribution in [0.1, 0.15) is 25.6 Å². The monoisotopic (exact) mass is 333 g/mol. The van der Waals surface area contributed by atoms with Gasteiger partial charge in [-0.25, -0.2) is 4.79 Å². The molecule has 0 atom stereocenters. The highest BCUT2D eigenvalue weighted by atomic mass is 79.9. The first-order valence-electron chi connectivity index (χ1n) is 5.40. The van der Waals surface area contributed by atoms with Crippen molar-refractivity contribution in [3.8, 4) is 0 Å². The fourth-order valence-electron chi connectivity index (χ4n) is 1.22. The second-order valence-electron chi connectivity index (χ2n) is 4.89. The topological polar surface area (TPSA) is 46.6 Å². The lowest BCUT2D eigenvalue weighted by Crippen LogP contribution is -2.37. The first-order chi connectivity index (χ1) is 8.19. The zero-order chi connectivity index (χ0) is 13.9. The molecule has 0 aromatic carbocycles. The summed E-state index contributed by atoms with van der Waals surface area (Å²) in [6.07, 6.45) is 0. The van der Waals surface area contributed by atoms with Gasteiger partial charge in [0.25, 0.3) is 0 Å². The zero-order valence-electron chi connectivity index (χ0n) is 10.8. The van der Waals surface area contributed by atoms with Gasteiger partial charge in [-0.05, 0) is 42.8 Å². The van der Waals surface area contributed by atoms with Gasteiger partial charge in [-0.2, -0.15) is 0 Å². The normalized spacial score (nSPS) is 11.2. The highest BCUT2D eigenvalue weighted by Gasteiger charge is 2.25. The van der Waals surface area contributed by atoms with Crippen LogP contribution in [0.4, 0.5) is 0 Å². The Morgan fingerprint density at radius 2 is 2.06 bits per heavy atom. The van der Waals surface area contributed by atoms with Crippen LogP contribution in [0.3, 0.4) is 0 Å². The Hall–Kier alpha value is -0.880. The van der Waals surface area contributed by atoms with E-state index in [0.29, 0.717) is 6.54 Å². The minimum Gasteiger partial charge on any atom is -0.453 e. The van der Waals surface area contributed by atoms with Gasteiger partial charge in [0.2, 0.25) is 0 Å². The lowest BCUT2D eigenvalue weighted by atomic mass is 10.2. The largest absolute Gasteiger partial charge is 0.453 e. The van der Waals surface area contributed by atoms with Gasteiger partial charge in [0, 0.05) is 21.8 Å². The maximum absolute atomic E-state index is 11.8. The van der Waals surface area contributed by atoms with Gasteiger partial charge >= 0.3 is 11.9 Å². The van der Waals surface area contributed by atoms with Crippen LogP contribution in [0.5, 0.6) is 0 Å². The molecular formula is C12H16BrNO3S. The van der Waals surface area contributed by atoms with Crippen LogP contribution in [-0.2, 0) is 20.9 Å². The summed E-state index contributed by atoms with van der Waals surface area (Å²) in [6, 6.07) is 1.92. The van der Waals surface area contributed by atoms with E-state index in [4.69, 9.17) is 4.74 Å². The van der Waals surface area contributed by atoms with Crippen LogP contribution in [0, 0.1) is 0 Å². The predicted octanol–water partition coefficient (Wildman–Crippen LogP) is 2.81. The molecule has 1 rings (SSSR count). The van der Waals surface area contributed by atoms with Crippen molar-refractivity contribution in [1.29, 1.82) is 0 Å². The van der Waals surface area contributed by atoms with Crippen LogP contribution in [0.25, 0.3) is 0 Å². The number of hydrogen-bond donors (Lipinski definition) is 0. The van der Waals surface area contributed by atoms with Crippen molar-refractivity contribution < 1.29 is 14.3 Å². The van der Waals surface area contributed by atoms with Crippen LogP contribution >= 0.6 is 27.3 Å². The van der Waals surface area contributed by atoms with Gasteiger partial charge in [-0.15, -0.1) is 11.3 Å². The summed E-state index contributed by atoms with van der Waals surface area (Å²) in [7, 11) is 1.58. The summed E-state index contributed by atoms with van der Waals surface area (Å²) in [5.74, 6) is -1.45. The summed E-state index contributed by atoms with van der Waals surface area (Å²) in [5, 5.41) is 1.93. The lowest BCUT2D eigenvalue weighted by molar-refractivity contribution is -0.167. The maximum Gasteiger partial charge on any atom is 0.397 e. The second kappa shape index (κ2) is 5.84. The van der Waals surface area contributed by atoms with Gasteiger partial charge in [-0.3, -0.25) is 4.79 Å². The highest BCUT2D eigenvalue weighted by molar-refractivity contribution is 9.10. The molecule has 0 aliphatic carbocycles. The Balaban J connectivity index is 2.59. The standard InChI is InChI=1S/C12H16BrNO3S/c1-12(2,3)17-11(16)10(15)14(4)6-9-5-8(13)7-18-9/h5,7H,6H2,1-4H3. The second-order valence-corrected chi connectivity index (χ2v) is 6.81. The van der Waals surface area contributed by atoms with Crippen molar-refractivity contribution >= 4 is 39.1 Å². The Bertz CT molecular complexity index is 450. The quantitative estimate of drug-likeness (QED) is 0.617. The van der Waals surface area contributed by atoms with Gasteiger partial charge in [0.1, 0.15) is 5.60 Å². The van der Waals surface area contributed by atoms with E-state index in [1.165, 1.54) is 16.2 Å². The third-order valence-corrected chi connectivity index (χ3v) is 3.62. The van der Waals surface area contributed by atoms with E-state index in [-0.39, 0.29) is 0 Å². The molecule has 0 bridgehead atoms. The van der Waals surface area contributed by atoms with Gasteiger partial charge in [0.05, 0.1) is 6.54 Å². The Labute approximate surface area is 119 Å². The molecule has 1 aromatic heterocycles. The molecule has 0 radical (unpaired) electrons. The lowest BCUT2D eigenvalue weighted by Gasteiger charge is -2.21. The van der Waals surface area contributed by atoms with Crippen LogP contribution in [-0.4, -0.2) is 29.4 Å². The fourth-order valence-corrected chi connectivity index (χ4v) is 2.72. The smallest absolute Gasteiger partial charge is 0.397 e. The molecule has 0 spiro atoms. The number of nitrogens with zero attached hydrogens (tertiary/aromatic N) is 1. The molecule has 0 saturated heterocycles. The molecule has 0 saturated carbocycles. The van der Waals surface area contributed by atoms with Crippen molar-refractivity contribution in [3.63, 3.8) is 0 Å². The molecular weight excluding hydrogens is 318 g/mol. The minimum atomic E-state index is -0.819. The van der Waals surface area contributed by atoms with Crippen molar-refractivity contribution in [1.82, 2.24) is 4.90 Å². The predicted molar refractivity (Wildman–Crippen MR) is 74.3 cm³/mol. The van der Waals surface area contributed by atoms with E-state index in [9.17, 15) is 9.59 Å². The summed E-state index contributed by atoms with van der Waals surface area (Å²) >= 11 is 4.87. The maximum atomic E-state index is 11.8. The molecule has 0 fully saturated rings. The molecule has 100 valence electrons. The fraction of sp³-hybridized carbons (Fsp3) is 0.500. The summed E-state index contributed by atoms with van der Waals surface area (Å²) < 4.78 is 6.00. The Morgan fingerprint density at radius 1 is 1.44 bits per heavy atom. The molecule has 0 aliphatic rings. The first kappa shape index (κ1) is 15.2. The van der Waals surface area contributed by atoms with Gasteiger partial charge in [-0.1, -0.05) is 0 Å².